The molecule has 13 heavy (non-hydrogen) atoms. The lowest BCUT2D eigenvalue weighted by Gasteiger charge is -2.26. The highest BCUT2D eigenvalue weighted by Gasteiger charge is 2.20. The van der Waals surface area contributed by atoms with Gasteiger partial charge in [-0.05, 0) is 11.8 Å². The molecule has 0 radical (unpaired) electrons. The van der Waals surface area contributed by atoms with Crippen LogP contribution >= 0.6 is 7.34 Å². The van der Waals surface area contributed by atoms with Crippen molar-refractivity contribution in [2.45, 2.75) is 27.2 Å². The lowest BCUT2D eigenvalue weighted by molar-refractivity contribution is 0.317. The molecule has 0 fully saturated rings. The predicted molar refractivity (Wildman–Crippen MR) is 61.5 cm³/mol. The van der Waals surface area contributed by atoms with Crippen LogP contribution in [0.5, 0.6) is 0 Å². The fourth-order valence-corrected chi connectivity index (χ4v) is 2.93. The van der Waals surface area contributed by atoms with Gasteiger partial charge in [0.05, 0.1) is 0 Å². The van der Waals surface area contributed by atoms with Gasteiger partial charge >= 0.3 is 0 Å². The van der Waals surface area contributed by atoms with Gasteiger partial charge in [-0.2, -0.15) is 0 Å². The Morgan fingerprint density at radius 2 is 1.62 bits per heavy atom. The average molecular weight is 206 g/mol. The molecule has 2 nitrogen and oxygen atoms in total. The summed E-state index contributed by atoms with van der Waals surface area (Å²) in [5.41, 5.74) is 0. The maximum atomic E-state index is 5.33. The Morgan fingerprint density at radius 1 is 1.15 bits per heavy atom. The molecule has 0 saturated carbocycles. The molecule has 0 aromatic heterocycles. The molecule has 0 aliphatic rings. The molecular weight excluding hydrogens is 183 g/mol. The Morgan fingerprint density at radius 3 is 1.92 bits per heavy atom. The van der Waals surface area contributed by atoms with Crippen molar-refractivity contribution in [1.82, 2.24) is 0 Å². The van der Waals surface area contributed by atoms with Crippen LogP contribution in [0.15, 0.2) is 0 Å². The highest BCUT2D eigenvalue weighted by molar-refractivity contribution is 7.64. The third-order valence-corrected chi connectivity index (χ3v) is 5.31. The normalized spacial score (nSPS) is 17.0. The zero-order valence-electron chi connectivity index (χ0n) is 9.54. The van der Waals surface area contributed by atoms with Crippen molar-refractivity contribution in [3.8, 4) is 0 Å². The van der Waals surface area contributed by atoms with Gasteiger partial charge < -0.3 is 9.05 Å². The molecule has 0 bridgehead atoms. The van der Waals surface area contributed by atoms with Crippen LogP contribution in [0.25, 0.3) is 0 Å². The van der Waals surface area contributed by atoms with E-state index in [0.29, 0.717) is 11.8 Å². The standard InChI is InChI=1S/C10H23O2P/c1-7-9(2)10(3)8-13(6,11-4)12-5/h9-10H,6-8H2,1-5H3. The fraction of sp³-hybridized carbons (Fsp3) is 0.900. The molecule has 0 heterocycles. The molecule has 0 amide bonds. The minimum atomic E-state index is -1.80. The van der Waals surface area contributed by atoms with Gasteiger partial charge in [0.2, 0.25) is 0 Å². The van der Waals surface area contributed by atoms with E-state index in [4.69, 9.17) is 9.05 Å². The van der Waals surface area contributed by atoms with Crippen LogP contribution in [0.3, 0.4) is 0 Å². The zero-order chi connectivity index (χ0) is 10.5. The van der Waals surface area contributed by atoms with Crippen molar-refractivity contribution in [3.05, 3.63) is 0 Å². The van der Waals surface area contributed by atoms with Crippen LogP contribution in [0, 0.1) is 11.8 Å². The molecule has 80 valence electrons. The largest absolute Gasteiger partial charge is 0.341 e. The molecule has 0 aromatic rings. The van der Waals surface area contributed by atoms with Gasteiger partial charge in [0.15, 0.2) is 0 Å². The topological polar surface area (TPSA) is 18.5 Å². The van der Waals surface area contributed by atoms with E-state index in [9.17, 15) is 0 Å². The van der Waals surface area contributed by atoms with Crippen molar-refractivity contribution >= 4 is 13.6 Å². The molecule has 0 rings (SSSR count). The fourth-order valence-electron chi connectivity index (χ4n) is 1.24. The average Bonchev–Trinajstić information content (AvgIpc) is 2.16. The molecule has 0 aromatic carbocycles. The monoisotopic (exact) mass is 206 g/mol. The second-order valence-electron chi connectivity index (χ2n) is 3.73. The molecule has 0 spiro atoms. The van der Waals surface area contributed by atoms with Gasteiger partial charge in [0.25, 0.3) is 0 Å². The number of hydrogen-bond donors (Lipinski definition) is 0. The lowest BCUT2D eigenvalue weighted by atomic mass is 9.96. The maximum Gasteiger partial charge on any atom is 0.116 e. The van der Waals surface area contributed by atoms with E-state index in [1.165, 1.54) is 6.42 Å². The highest BCUT2D eigenvalue weighted by Crippen LogP contribution is 2.48. The summed E-state index contributed by atoms with van der Waals surface area (Å²) in [6.07, 6.45) is 6.19. The van der Waals surface area contributed by atoms with Crippen LogP contribution in [0.4, 0.5) is 0 Å². The number of hydrogen-bond acceptors (Lipinski definition) is 2. The summed E-state index contributed by atoms with van der Waals surface area (Å²) in [6.45, 7) is 6.72. The Kier molecular flexibility index (Phi) is 5.95. The third-order valence-electron chi connectivity index (χ3n) is 2.85. The maximum absolute atomic E-state index is 5.33. The van der Waals surface area contributed by atoms with E-state index in [2.05, 4.69) is 27.1 Å². The van der Waals surface area contributed by atoms with Crippen LogP contribution in [0.2, 0.25) is 0 Å². The summed E-state index contributed by atoms with van der Waals surface area (Å²) in [5.74, 6) is 1.34. The molecule has 0 aliphatic carbocycles. The van der Waals surface area contributed by atoms with Crippen molar-refractivity contribution < 1.29 is 9.05 Å². The Bertz CT molecular complexity index is 172. The minimum absolute atomic E-state index is 0.621. The smallest absolute Gasteiger partial charge is 0.116 e. The second kappa shape index (κ2) is 5.85. The molecule has 0 N–H and O–H groups in total. The molecule has 3 heteroatoms. The van der Waals surface area contributed by atoms with Gasteiger partial charge in [-0.1, -0.05) is 33.5 Å². The molecule has 0 aliphatic heterocycles. The van der Waals surface area contributed by atoms with E-state index < -0.39 is 7.34 Å². The Balaban J connectivity index is 4.17. The quantitative estimate of drug-likeness (QED) is 0.621. The summed E-state index contributed by atoms with van der Waals surface area (Å²) in [5, 5.41) is 0. The minimum Gasteiger partial charge on any atom is -0.341 e. The molecule has 0 saturated heterocycles. The van der Waals surface area contributed by atoms with Gasteiger partial charge in [0.1, 0.15) is 7.34 Å². The first-order valence-corrected chi connectivity index (χ1v) is 6.82. The van der Waals surface area contributed by atoms with Crippen molar-refractivity contribution in [3.63, 3.8) is 0 Å². The SMILES string of the molecule is C=P(CC(C)C(C)CC)(OC)OC. The summed E-state index contributed by atoms with van der Waals surface area (Å²) < 4.78 is 10.7. The van der Waals surface area contributed by atoms with Gasteiger partial charge in [0, 0.05) is 20.4 Å². The molecule has 2 atom stereocenters. The highest BCUT2D eigenvalue weighted by atomic mass is 31.2. The summed E-state index contributed by atoms with van der Waals surface area (Å²) in [6, 6.07) is 0. The second-order valence-corrected chi connectivity index (χ2v) is 6.45. The van der Waals surface area contributed by atoms with E-state index in [-0.39, 0.29) is 0 Å². The first-order valence-electron chi connectivity index (χ1n) is 4.83. The van der Waals surface area contributed by atoms with E-state index >= 15 is 0 Å². The Hall–Kier alpha value is 0.220. The summed E-state index contributed by atoms with van der Waals surface area (Å²) >= 11 is 0. The van der Waals surface area contributed by atoms with E-state index in [0.717, 1.165) is 6.16 Å². The predicted octanol–water partition coefficient (Wildman–Crippen LogP) is 3.24. The zero-order valence-corrected chi connectivity index (χ0v) is 10.4. The van der Waals surface area contributed by atoms with Crippen molar-refractivity contribution in [2.24, 2.45) is 11.8 Å². The van der Waals surface area contributed by atoms with Gasteiger partial charge in [-0.3, -0.25) is 0 Å². The van der Waals surface area contributed by atoms with Crippen LogP contribution in [0.1, 0.15) is 27.2 Å². The Labute approximate surface area is 82.8 Å². The third kappa shape index (κ3) is 4.30. The lowest BCUT2D eigenvalue weighted by Crippen LogP contribution is -2.13. The first-order chi connectivity index (χ1) is 5.99. The summed E-state index contributed by atoms with van der Waals surface area (Å²) in [7, 11) is 1.57. The molecule has 2 unspecified atom stereocenters. The van der Waals surface area contributed by atoms with Crippen molar-refractivity contribution in [2.75, 3.05) is 20.4 Å². The van der Waals surface area contributed by atoms with Gasteiger partial charge in [-0.25, -0.2) is 0 Å². The summed E-state index contributed by atoms with van der Waals surface area (Å²) in [4.78, 5) is 0. The first kappa shape index (κ1) is 13.2. The number of rotatable bonds is 6. The van der Waals surface area contributed by atoms with E-state index in [1.54, 1.807) is 14.2 Å². The molecular formula is C10H23O2P. The van der Waals surface area contributed by atoms with Gasteiger partial charge in [-0.15, -0.1) is 0 Å². The van der Waals surface area contributed by atoms with E-state index in [1.807, 2.05) is 0 Å². The van der Waals surface area contributed by atoms with Crippen molar-refractivity contribution in [1.29, 1.82) is 0 Å². The van der Waals surface area contributed by atoms with Crippen LogP contribution in [-0.4, -0.2) is 26.7 Å². The van der Waals surface area contributed by atoms with Crippen LogP contribution in [-0.2, 0) is 9.05 Å². The van der Waals surface area contributed by atoms with Crippen LogP contribution < -0.4 is 0 Å².